The zero-order valence-corrected chi connectivity index (χ0v) is 8.48. The smallest absolute Gasteiger partial charge is 0.310 e. The summed E-state index contributed by atoms with van der Waals surface area (Å²) < 4.78 is 38.2. The molecule has 2 rings (SSSR count). The molecule has 5 nitrogen and oxygen atoms in total. The molecule has 1 aromatic heterocycles. The second-order valence-corrected chi connectivity index (χ2v) is 3.64. The van der Waals surface area contributed by atoms with E-state index in [4.69, 9.17) is 5.11 Å². The number of nitrogens with zero attached hydrogens (tertiary/aromatic N) is 3. The number of carboxylic acids is 1. The second-order valence-electron chi connectivity index (χ2n) is 3.64. The molecule has 1 fully saturated rings. The summed E-state index contributed by atoms with van der Waals surface area (Å²) in [5.74, 6) is -3.07. The van der Waals surface area contributed by atoms with E-state index >= 15 is 0 Å². The Morgan fingerprint density at radius 2 is 2.12 bits per heavy atom. The van der Waals surface area contributed by atoms with Crippen LogP contribution in [-0.4, -0.2) is 34.1 Å². The summed E-state index contributed by atoms with van der Waals surface area (Å²) in [4.78, 5) is 18.5. The van der Waals surface area contributed by atoms with E-state index in [1.165, 1.54) is 4.90 Å². The van der Waals surface area contributed by atoms with Gasteiger partial charge < -0.3 is 10.0 Å². The lowest BCUT2D eigenvalue weighted by atomic mass is 10.0. The third-order valence-corrected chi connectivity index (χ3v) is 2.54. The molecule has 8 heteroatoms. The second kappa shape index (κ2) is 4.19. The molecule has 1 aliphatic heterocycles. The van der Waals surface area contributed by atoms with Crippen molar-refractivity contribution in [3.05, 3.63) is 17.8 Å². The molecule has 0 atom stereocenters. The molecule has 1 N–H and O–H groups in total. The van der Waals surface area contributed by atoms with Crippen LogP contribution in [0.25, 0.3) is 0 Å². The van der Waals surface area contributed by atoms with Gasteiger partial charge in [-0.25, -0.2) is 23.1 Å². The minimum Gasteiger partial charge on any atom is -0.481 e. The van der Waals surface area contributed by atoms with E-state index in [1.54, 1.807) is 0 Å². The minimum atomic E-state index is -3.02. The normalized spacial score (nSPS) is 16.1. The Bertz CT molecular complexity index is 449. The average Bonchev–Trinajstić information content (AvgIpc) is 2.17. The highest BCUT2D eigenvalue weighted by Crippen LogP contribution is 2.29. The number of aromatic nitrogens is 2. The maximum absolute atomic E-state index is 13.5. The number of hydrogen-bond donors (Lipinski definition) is 1. The monoisotopic (exact) mass is 247 g/mol. The van der Waals surface area contributed by atoms with Gasteiger partial charge in [0.1, 0.15) is 12.0 Å². The fourth-order valence-electron chi connectivity index (χ4n) is 1.55. The zero-order valence-electron chi connectivity index (χ0n) is 8.48. The third-order valence-electron chi connectivity index (χ3n) is 2.54. The Labute approximate surface area is 93.9 Å². The highest BCUT2D eigenvalue weighted by molar-refractivity contribution is 5.74. The number of carbonyl (C=O) groups is 1. The van der Waals surface area contributed by atoms with Crippen molar-refractivity contribution >= 4 is 11.8 Å². The molecule has 2 heterocycles. The molecule has 0 amide bonds. The summed E-state index contributed by atoms with van der Waals surface area (Å²) in [6, 6.07) is 0. The van der Waals surface area contributed by atoms with E-state index in [1.807, 2.05) is 0 Å². The van der Waals surface area contributed by atoms with Crippen LogP contribution in [0.2, 0.25) is 0 Å². The zero-order chi connectivity index (χ0) is 12.6. The van der Waals surface area contributed by atoms with E-state index in [2.05, 4.69) is 9.97 Å². The summed E-state index contributed by atoms with van der Waals surface area (Å²) in [7, 11) is 0. The number of halogens is 3. The highest BCUT2D eigenvalue weighted by Gasteiger charge is 2.35. The molecule has 0 saturated carbocycles. The summed E-state index contributed by atoms with van der Waals surface area (Å²) >= 11 is 0. The van der Waals surface area contributed by atoms with Gasteiger partial charge >= 0.3 is 5.97 Å². The van der Waals surface area contributed by atoms with Gasteiger partial charge in [0.15, 0.2) is 11.6 Å². The maximum atomic E-state index is 13.5. The summed E-state index contributed by atoms with van der Waals surface area (Å²) in [6.45, 7) is 0.123. The molecule has 0 aromatic carbocycles. The average molecular weight is 247 g/mol. The van der Waals surface area contributed by atoms with Crippen LogP contribution in [0.15, 0.2) is 6.33 Å². The maximum Gasteiger partial charge on any atom is 0.310 e. The van der Waals surface area contributed by atoms with Crippen LogP contribution in [0.4, 0.5) is 19.0 Å². The number of hydrogen-bond acceptors (Lipinski definition) is 4. The number of aliphatic carboxylic acids is 1. The van der Waals surface area contributed by atoms with Crippen LogP contribution < -0.4 is 4.90 Å². The third kappa shape index (κ3) is 2.02. The first kappa shape index (κ1) is 11.6. The van der Waals surface area contributed by atoms with Gasteiger partial charge in [0.05, 0.1) is 5.92 Å². The van der Waals surface area contributed by atoms with Gasteiger partial charge in [0.2, 0.25) is 0 Å². The lowest BCUT2D eigenvalue weighted by Gasteiger charge is -2.37. The van der Waals surface area contributed by atoms with E-state index in [0.29, 0.717) is 0 Å². The van der Waals surface area contributed by atoms with Gasteiger partial charge in [0, 0.05) is 13.1 Å². The van der Waals surface area contributed by atoms with Crippen LogP contribution in [0.3, 0.4) is 0 Å². The molecule has 1 aliphatic rings. The Balaban J connectivity index is 2.18. The van der Waals surface area contributed by atoms with Crippen molar-refractivity contribution in [2.24, 2.45) is 5.92 Å². The molecule has 1 saturated heterocycles. The van der Waals surface area contributed by atoms with Crippen LogP contribution in [0.1, 0.15) is 12.1 Å². The molecule has 17 heavy (non-hydrogen) atoms. The molecule has 0 unspecified atom stereocenters. The summed E-state index contributed by atoms with van der Waals surface area (Å²) in [5.41, 5.74) is -0.964. The van der Waals surface area contributed by atoms with Gasteiger partial charge in [-0.2, -0.15) is 0 Å². The molecular formula is C9H8F3N3O2. The van der Waals surface area contributed by atoms with E-state index in [9.17, 15) is 18.0 Å². The van der Waals surface area contributed by atoms with Crippen LogP contribution >= 0.6 is 0 Å². The van der Waals surface area contributed by atoms with Gasteiger partial charge in [-0.05, 0) is 0 Å². The molecule has 0 spiro atoms. The number of anilines is 1. The van der Waals surface area contributed by atoms with E-state index in [-0.39, 0.29) is 18.9 Å². The highest BCUT2D eigenvalue weighted by atomic mass is 19.3. The van der Waals surface area contributed by atoms with Crippen LogP contribution in [0.5, 0.6) is 0 Å². The van der Waals surface area contributed by atoms with Crippen molar-refractivity contribution in [2.45, 2.75) is 6.43 Å². The first-order chi connectivity index (χ1) is 8.00. The van der Waals surface area contributed by atoms with E-state index < -0.39 is 29.8 Å². The Morgan fingerprint density at radius 3 is 2.65 bits per heavy atom. The molecule has 0 bridgehead atoms. The summed E-state index contributed by atoms with van der Waals surface area (Å²) in [5, 5.41) is 8.64. The fraction of sp³-hybridized carbons (Fsp3) is 0.444. The molecular weight excluding hydrogens is 239 g/mol. The Hall–Kier alpha value is -1.86. The molecule has 0 aliphatic carbocycles. The van der Waals surface area contributed by atoms with Crippen LogP contribution in [0, 0.1) is 11.7 Å². The first-order valence-corrected chi connectivity index (χ1v) is 4.77. The summed E-state index contributed by atoms with van der Waals surface area (Å²) in [6.07, 6.45) is -2.18. The van der Waals surface area contributed by atoms with Crippen molar-refractivity contribution in [3.63, 3.8) is 0 Å². The topological polar surface area (TPSA) is 66.3 Å². The van der Waals surface area contributed by atoms with Crippen molar-refractivity contribution in [2.75, 3.05) is 18.0 Å². The lowest BCUT2D eigenvalue weighted by Crippen LogP contribution is -2.51. The largest absolute Gasteiger partial charge is 0.481 e. The number of alkyl halides is 2. The molecule has 92 valence electrons. The van der Waals surface area contributed by atoms with Crippen molar-refractivity contribution < 1.29 is 23.1 Å². The standard InChI is InChI=1S/C9H8F3N3O2/c10-5-6(7(11)12)13-3-14-8(5)15-1-4(2-15)9(16)17/h3-4,7H,1-2H2,(H,16,17). The lowest BCUT2D eigenvalue weighted by molar-refractivity contribution is -0.142. The molecule has 1 aromatic rings. The van der Waals surface area contributed by atoms with E-state index in [0.717, 1.165) is 6.33 Å². The van der Waals surface area contributed by atoms with Gasteiger partial charge in [-0.15, -0.1) is 0 Å². The van der Waals surface area contributed by atoms with Gasteiger partial charge in [0.25, 0.3) is 6.43 Å². The fourth-order valence-corrected chi connectivity index (χ4v) is 1.55. The number of carboxylic acid groups (broad SMARTS) is 1. The number of rotatable bonds is 3. The molecule has 0 radical (unpaired) electrons. The first-order valence-electron chi connectivity index (χ1n) is 4.77. The van der Waals surface area contributed by atoms with Crippen molar-refractivity contribution in [1.82, 2.24) is 9.97 Å². The van der Waals surface area contributed by atoms with Crippen LogP contribution in [-0.2, 0) is 4.79 Å². The Kier molecular flexibility index (Phi) is 2.86. The van der Waals surface area contributed by atoms with Gasteiger partial charge in [-0.3, -0.25) is 4.79 Å². The van der Waals surface area contributed by atoms with Crippen molar-refractivity contribution in [3.8, 4) is 0 Å². The van der Waals surface area contributed by atoms with Gasteiger partial charge in [-0.1, -0.05) is 0 Å². The van der Waals surface area contributed by atoms with Crippen molar-refractivity contribution in [1.29, 1.82) is 0 Å². The predicted molar refractivity (Wildman–Crippen MR) is 50.3 cm³/mol. The quantitative estimate of drug-likeness (QED) is 0.865. The predicted octanol–water partition coefficient (Wildman–Crippen LogP) is 1.07. The minimum absolute atomic E-state index is 0.0615. The Morgan fingerprint density at radius 1 is 1.47 bits per heavy atom. The SMILES string of the molecule is O=C(O)C1CN(c2ncnc(C(F)F)c2F)C1.